The first-order valence-electron chi connectivity index (χ1n) is 4.36. The second kappa shape index (κ2) is 3.27. The van der Waals surface area contributed by atoms with Crippen molar-refractivity contribution in [2.75, 3.05) is 12.4 Å². The molecule has 2 N–H and O–H groups in total. The molecule has 0 spiro atoms. The van der Waals surface area contributed by atoms with Gasteiger partial charge < -0.3 is 15.2 Å². The maximum absolute atomic E-state index is 11.1. The van der Waals surface area contributed by atoms with Crippen LogP contribution in [-0.4, -0.2) is 24.1 Å². The van der Waals surface area contributed by atoms with Crippen LogP contribution in [0, 0.1) is 0 Å². The number of hydrogen-bond acceptors (Lipinski definition) is 3. The van der Waals surface area contributed by atoms with Crippen LogP contribution < -0.4 is 10.1 Å². The van der Waals surface area contributed by atoms with Gasteiger partial charge in [0.05, 0.1) is 13.5 Å². The number of carbonyl (C=O) groups excluding carboxylic acids is 1. The van der Waals surface area contributed by atoms with Crippen LogP contribution in [0.3, 0.4) is 0 Å². The smallest absolute Gasteiger partial charge is 0.339 e. The molecule has 0 aromatic heterocycles. The number of rotatable bonds is 2. The number of ether oxygens (including phenoxy) is 1. The molecule has 0 bridgehead atoms. The number of anilines is 1. The molecule has 0 fully saturated rings. The Balaban J connectivity index is 2.60. The SMILES string of the molecule is COc1c(C(=O)O)ccc2c1CC(=O)N2. The van der Waals surface area contributed by atoms with E-state index in [0.717, 1.165) is 0 Å². The quantitative estimate of drug-likeness (QED) is 0.755. The molecule has 15 heavy (non-hydrogen) atoms. The third-order valence-corrected chi connectivity index (χ3v) is 2.31. The summed E-state index contributed by atoms with van der Waals surface area (Å²) in [5, 5.41) is 11.5. The molecule has 0 saturated carbocycles. The van der Waals surface area contributed by atoms with Gasteiger partial charge in [0.15, 0.2) is 0 Å². The van der Waals surface area contributed by atoms with Crippen LogP contribution in [-0.2, 0) is 11.2 Å². The van der Waals surface area contributed by atoms with Crippen molar-refractivity contribution in [1.82, 2.24) is 0 Å². The highest BCUT2D eigenvalue weighted by molar-refractivity contribution is 6.02. The Kier molecular flexibility index (Phi) is 2.07. The minimum absolute atomic E-state index is 0.0766. The van der Waals surface area contributed by atoms with E-state index in [-0.39, 0.29) is 23.6 Å². The van der Waals surface area contributed by atoms with Gasteiger partial charge in [0.25, 0.3) is 0 Å². The monoisotopic (exact) mass is 207 g/mol. The molecule has 1 amide bonds. The Morgan fingerprint density at radius 1 is 1.53 bits per heavy atom. The van der Waals surface area contributed by atoms with E-state index >= 15 is 0 Å². The van der Waals surface area contributed by atoms with Gasteiger partial charge >= 0.3 is 5.97 Å². The zero-order valence-corrected chi connectivity index (χ0v) is 8.03. The second-order valence-electron chi connectivity index (χ2n) is 3.20. The van der Waals surface area contributed by atoms with Gasteiger partial charge in [-0.1, -0.05) is 0 Å². The Morgan fingerprint density at radius 3 is 2.87 bits per heavy atom. The highest BCUT2D eigenvalue weighted by Gasteiger charge is 2.25. The first-order chi connectivity index (χ1) is 7.13. The molecule has 0 unspecified atom stereocenters. The molecule has 1 aliphatic rings. The van der Waals surface area contributed by atoms with Crippen LogP contribution in [0.4, 0.5) is 5.69 Å². The Labute approximate surface area is 85.7 Å². The Bertz CT molecular complexity index is 453. The third-order valence-electron chi connectivity index (χ3n) is 2.31. The molecule has 0 aliphatic carbocycles. The fraction of sp³-hybridized carbons (Fsp3) is 0.200. The summed E-state index contributed by atoms with van der Waals surface area (Å²) in [6.45, 7) is 0. The number of hydrogen-bond donors (Lipinski definition) is 2. The molecule has 1 aromatic carbocycles. The summed E-state index contributed by atoms with van der Waals surface area (Å²) < 4.78 is 5.02. The van der Waals surface area contributed by atoms with Gasteiger partial charge in [-0.25, -0.2) is 4.79 Å². The Hall–Kier alpha value is -2.04. The predicted molar refractivity (Wildman–Crippen MR) is 52.3 cm³/mol. The van der Waals surface area contributed by atoms with E-state index in [4.69, 9.17) is 9.84 Å². The lowest BCUT2D eigenvalue weighted by Crippen LogP contribution is -2.03. The molecule has 78 valence electrons. The number of carboxylic acids is 1. The van der Waals surface area contributed by atoms with E-state index in [1.54, 1.807) is 6.07 Å². The minimum atomic E-state index is -1.06. The lowest BCUT2D eigenvalue weighted by molar-refractivity contribution is -0.115. The van der Waals surface area contributed by atoms with Gasteiger partial charge in [-0.15, -0.1) is 0 Å². The summed E-state index contributed by atoms with van der Waals surface area (Å²) >= 11 is 0. The van der Waals surface area contributed by atoms with Gasteiger partial charge in [-0.3, -0.25) is 4.79 Å². The van der Waals surface area contributed by atoms with Crippen LogP contribution >= 0.6 is 0 Å². The number of carboxylic acid groups (broad SMARTS) is 1. The van der Waals surface area contributed by atoms with Crippen molar-refractivity contribution in [3.8, 4) is 5.75 Å². The molecular formula is C10H9NO4. The molecule has 5 nitrogen and oxygen atoms in total. The zero-order chi connectivity index (χ0) is 11.0. The summed E-state index contributed by atoms with van der Waals surface area (Å²) in [6.07, 6.45) is 0.166. The summed E-state index contributed by atoms with van der Waals surface area (Å²) in [7, 11) is 1.39. The molecule has 1 aliphatic heterocycles. The maximum Gasteiger partial charge on any atom is 0.339 e. The van der Waals surface area contributed by atoms with E-state index in [1.807, 2.05) is 0 Å². The van der Waals surface area contributed by atoms with E-state index in [2.05, 4.69) is 5.32 Å². The van der Waals surface area contributed by atoms with Crippen LogP contribution in [0.1, 0.15) is 15.9 Å². The van der Waals surface area contributed by atoms with Crippen LogP contribution in [0.5, 0.6) is 5.75 Å². The number of carbonyl (C=O) groups is 2. The number of nitrogens with one attached hydrogen (secondary N) is 1. The first-order valence-corrected chi connectivity index (χ1v) is 4.36. The van der Waals surface area contributed by atoms with E-state index < -0.39 is 5.97 Å². The number of fused-ring (bicyclic) bond motifs is 1. The lowest BCUT2D eigenvalue weighted by atomic mass is 10.1. The third kappa shape index (κ3) is 1.41. The predicted octanol–water partition coefficient (Wildman–Crippen LogP) is 0.888. The summed E-state index contributed by atoms with van der Waals surface area (Å²) in [6, 6.07) is 3.00. The van der Waals surface area contributed by atoms with Crippen molar-refractivity contribution in [1.29, 1.82) is 0 Å². The zero-order valence-electron chi connectivity index (χ0n) is 8.03. The highest BCUT2D eigenvalue weighted by atomic mass is 16.5. The molecule has 2 rings (SSSR count). The topological polar surface area (TPSA) is 75.6 Å². The van der Waals surface area contributed by atoms with Crippen LogP contribution in [0.25, 0.3) is 0 Å². The van der Waals surface area contributed by atoms with Crippen molar-refractivity contribution < 1.29 is 19.4 Å². The van der Waals surface area contributed by atoms with Crippen molar-refractivity contribution in [2.24, 2.45) is 0 Å². The summed E-state index contributed by atoms with van der Waals surface area (Å²) in [5.41, 5.74) is 1.32. The van der Waals surface area contributed by atoms with Crippen molar-refractivity contribution in [3.63, 3.8) is 0 Å². The fourth-order valence-corrected chi connectivity index (χ4v) is 1.68. The summed E-state index contributed by atoms with van der Waals surface area (Å²) in [4.78, 5) is 22.0. The summed E-state index contributed by atoms with van der Waals surface area (Å²) in [5.74, 6) is -0.946. The normalized spacial score (nSPS) is 13.3. The van der Waals surface area contributed by atoms with E-state index in [1.165, 1.54) is 13.2 Å². The van der Waals surface area contributed by atoms with E-state index in [9.17, 15) is 9.59 Å². The Morgan fingerprint density at radius 2 is 2.27 bits per heavy atom. The largest absolute Gasteiger partial charge is 0.495 e. The fourth-order valence-electron chi connectivity index (χ4n) is 1.68. The minimum Gasteiger partial charge on any atom is -0.495 e. The van der Waals surface area contributed by atoms with Gasteiger partial charge in [-0.05, 0) is 12.1 Å². The number of methoxy groups -OCH3 is 1. The average molecular weight is 207 g/mol. The van der Waals surface area contributed by atoms with Crippen molar-refractivity contribution in [3.05, 3.63) is 23.3 Å². The van der Waals surface area contributed by atoms with Gasteiger partial charge in [0.1, 0.15) is 11.3 Å². The molecule has 0 radical (unpaired) electrons. The van der Waals surface area contributed by atoms with Gasteiger partial charge in [-0.2, -0.15) is 0 Å². The van der Waals surface area contributed by atoms with Crippen molar-refractivity contribution in [2.45, 2.75) is 6.42 Å². The maximum atomic E-state index is 11.1. The molecule has 1 aromatic rings. The number of benzene rings is 1. The standard InChI is InChI=1S/C10H9NO4/c1-15-9-5(10(13)14)2-3-7-6(9)4-8(12)11-7/h2-3H,4H2,1H3,(H,11,12)(H,13,14). The van der Waals surface area contributed by atoms with Crippen LogP contribution in [0.2, 0.25) is 0 Å². The second-order valence-corrected chi connectivity index (χ2v) is 3.20. The van der Waals surface area contributed by atoms with E-state index in [0.29, 0.717) is 11.3 Å². The molecule has 0 atom stereocenters. The highest BCUT2D eigenvalue weighted by Crippen LogP contribution is 2.34. The number of aromatic carboxylic acids is 1. The number of amides is 1. The van der Waals surface area contributed by atoms with Gasteiger partial charge in [0, 0.05) is 11.3 Å². The average Bonchev–Trinajstić information content (AvgIpc) is 2.55. The van der Waals surface area contributed by atoms with Crippen molar-refractivity contribution >= 4 is 17.6 Å². The first kappa shape index (κ1) is 9.51. The molecular weight excluding hydrogens is 198 g/mol. The molecule has 1 heterocycles. The molecule has 0 saturated heterocycles. The molecule has 5 heteroatoms. The van der Waals surface area contributed by atoms with Crippen LogP contribution in [0.15, 0.2) is 12.1 Å². The van der Waals surface area contributed by atoms with Gasteiger partial charge in [0.2, 0.25) is 5.91 Å². The lowest BCUT2D eigenvalue weighted by Gasteiger charge is -2.08.